The number of hydrogen-bond donors (Lipinski definition) is 3. The fraction of sp³-hybridized carbons (Fsp3) is 0.474. The highest BCUT2D eigenvalue weighted by Crippen LogP contribution is 2.32. The Bertz CT molecular complexity index is 835. The van der Waals surface area contributed by atoms with Crippen LogP contribution in [0.5, 0.6) is 0 Å². The topological polar surface area (TPSA) is 127 Å². The van der Waals surface area contributed by atoms with Gasteiger partial charge in [-0.3, -0.25) is 10.1 Å². The number of anilines is 1. The third-order valence-corrected chi connectivity index (χ3v) is 3.92. The van der Waals surface area contributed by atoms with E-state index in [-0.39, 0.29) is 12.3 Å². The number of aliphatic hydroxyl groups excluding tert-OH is 1. The van der Waals surface area contributed by atoms with Gasteiger partial charge < -0.3 is 20.5 Å². The van der Waals surface area contributed by atoms with Crippen LogP contribution in [0.25, 0.3) is 10.9 Å². The van der Waals surface area contributed by atoms with E-state index in [9.17, 15) is 20.0 Å². The van der Waals surface area contributed by atoms with Gasteiger partial charge in [0.15, 0.2) is 0 Å². The molecule has 0 aliphatic carbocycles. The van der Waals surface area contributed by atoms with Gasteiger partial charge in [0.25, 0.3) is 0 Å². The Hall–Kier alpha value is -2.94. The van der Waals surface area contributed by atoms with Crippen LogP contribution in [-0.4, -0.2) is 45.9 Å². The van der Waals surface area contributed by atoms with Crippen LogP contribution in [0.4, 0.5) is 16.2 Å². The summed E-state index contributed by atoms with van der Waals surface area (Å²) in [5.41, 5.74) is 0.235. The molecule has 3 N–H and O–H groups in total. The Labute approximate surface area is 163 Å². The van der Waals surface area contributed by atoms with Gasteiger partial charge in [-0.25, -0.2) is 9.78 Å². The molecule has 1 heterocycles. The maximum absolute atomic E-state index is 11.6. The molecule has 2 rings (SSSR count). The third kappa shape index (κ3) is 6.05. The molecule has 0 bridgehead atoms. The summed E-state index contributed by atoms with van der Waals surface area (Å²) >= 11 is 0. The number of rotatable bonds is 8. The van der Waals surface area contributed by atoms with E-state index < -0.39 is 22.7 Å². The average molecular weight is 390 g/mol. The van der Waals surface area contributed by atoms with Crippen LogP contribution < -0.4 is 10.6 Å². The van der Waals surface area contributed by atoms with Crippen molar-refractivity contribution in [3.8, 4) is 0 Å². The quantitative estimate of drug-likeness (QED) is 0.359. The lowest BCUT2D eigenvalue weighted by Gasteiger charge is -2.21. The van der Waals surface area contributed by atoms with Crippen molar-refractivity contribution < 1.29 is 19.6 Å². The molecule has 152 valence electrons. The first-order valence-electron chi connectivity index (χ1n) is 9.07. The predicted molar refractivity (Wildman–Crippen MR) is 106 cm³/mol. The number of nitro groups is 1. The second-order valence-corrected chi connectivity index (χ2v) is 7.39. The molecule has 1 aromatic carbocycles. The van der Waals surface area contributed by atoms with Crippen LogP contribution in [0.1, 0.15) is 33.6 Å². The number of aromatic nitrogens is 1. The minimum atomic E-state index is -0.569. The van der Waals surface area contributed by atoms with Crippen molar-refractivity contribution in [3.63, 3.8) is 0 Å². The van der Waals surface area contributed by atoms with Gasteiger partial charge in [0.05, 0.1) is 17.0 Å². The zero-order chi connectivity index (χ0) is 20.7. The first-order chi connectivity index (χ1) is 13.2. The molecule has 0 spiro atoms. The van der Waals surface area contributed by atoms with Gasteiger partial charge in [-0.05, 0) is 39.7 Å². The molecule has 0 aliphatic rings. The summed E-state index contributed by atoms with van der Waals surface area (Å²) in [6.07, 6.45) is 1.77. The molecule has 9 nitrogen and oxygen atoms in total. The number of amides is 1. The Morgan fingerprint density at radius 3 is 2.71 bits per heavy atom. The highest BCUT2D eigenvalue weighted by molar-refractivity contribution is 5.95. The van der Waals surface area contributed by atoms with E-state index in [0.29, 0.717) is 36.0 Å². The molecular formula is C19H26N4O5. The highest BCUT2D eigenvalue weighted by Gasteiger charge is 2.21. The van der Waals surface area contributed by atoms with Gasteiger partial charge >= 0.3 is 11.8 Å². The largest absolute Gasteiger partial charge is 0.444 e. The minimum absolute atomic E-state index is 0.149. The Morgan fingerprint density at radius 1 is 1.36 bits per heavy atom. The number of para-hydroxylation sites is 1. The minimum Gasteiger partial charge on any atom is -0.444 e. The van der Waals surface area contributed by atoms with E-state index in [0.717, 1.165) is 0 Å². The van der Waals surface area contributed by atoms with Crippen LogP contribution in [-0.2, 0) is 4.74 Å². The first-order valence-corrected chi connectivity index (χ1v) is 9.07. The second-order valence-electron chi connectivity index (χ2n) is 7.39. The maximum Gasteiger partial charge on any atom is 0.407 e. The van der Waals surface area contributed by atoms with Gasteiger partial charge in [-0.2, -0.15) is 0 Å². The average Bonchev–Trinajstić information content (AvgIpc) is 2.62. The Kier molecular flexibility index (Phi) is 7.11. The smallest absolute Gasteiger partial charge is 0.407 e. The van der Waals surface area contributed by atoms with Crippen LogP contribution >= 0.6 is 0 Å². The number of hydrogen-bond acceptors (Lipinski definition) is 7. The van der Waals surface area contributed by atoms with Gasteiger partial charge in [-0.1, -0.05) is 18.2 Å². The molecule has 1 aromatic heterocycles. The lowest BCUT2D eigenvalue weighted by Crippen LogP contribution is -2.33. The van der Waals surface area contributed by atoms with Crippen LogP contribution in [0, 0.1) is 10.1 Å². The lowest BCUT2D eigenvalue weighted by molar-refractivity contribution is -0.384. The Balaban J connectivity index is 2.02. The second kappa shape index (κ2) is 9.32. The van der Waals surface area contributed by atoms with Gasteiger partial charge in [0.2, 0.25) is 0 Å². The van der Waals surface area contributed by atoms with Crippen molar-refractivity contribution in [2.45, 2.75) is 45.3 Å². The van der Waals surface area contributed by atoms with E-state index in [1.807, 2.05) is 0 Å². The van der Waals surface area contributed by atoms with Crippen LogP contribution in [0.3, 0.4) is 0 Å². The van der Waals surface area contributed by atoms with E-state index in [1.54, 1.807) is 45.0 Å². The summed E-state index contributed by atoms with van der Waals surface area (Å²) < 4.78 is 5.16. The van der Waals surface area contributed by atoms with E-state index in [2.05, 4.69) is 15.6 Å². The monoisotopic (exact) mass is 390 g/mol. The third-order valence-electron chi connectivity index (χ3n) is 3.92. The standard InChI is InChI=1S/C19H26N4O5/c1-19(2,3)28-18(25)20-10-6-7-13(12-24)22-17-14-8-4-5-9-15(14)21-11-16(17)23(26)27/h4-5,8-9,11,13,24H,6-7,10,12H2,1-3H3,(H,20,25)(H,21,22)/t13-/m0/s1. The molecule has 0 saturated carbocycles. The number of pyridine rings is 1. The summed E-state index contributed by atoms with van der Waals surface area (Å²) in [6.45, 7) is 5.51. The first kappa shape index (κ1) is 21.4. The molecule has 0 fully saturated rings. The number of aliphatic hydroxyl groups is 1. The maximum atomic E-state index is 11.6. The summed E-state index contributed by atoms with van der Waals surface area (Å²) in [5.74, 6) is 0. The number of alkyl carbamates (subject to hydrolysis) is 1. The molecule has 1 atom stereocenters. The van der Waals surface area contributed by atoms with Gasteiger partial charge in [-0.15, -0.1) is 0 Å². The predicted octanol–water partition coefficient (Wildman–Crippen LogP) is 3.22. The van der Waals surface area contributed by atoms with E-state index in [4.69, 9.17) is 4.74 Å². The number of carbonyl (C=O) groups is 1. The van der Waals surface area contributed by atoms with E-state index >= 15 is 0 Å². The fourth-order valence-electron chi connectivity index (χ4n) is 2.69. The summed E-state index contributed by atoms with van der Waals surface area (Å²) in [7, 11) is 0. The molecule has 1 amide bonds. The van der Waals surface area contributed by atoms with Crippen molar-refractivity contribution >= 4 is 28.4 Å². The lowest BCUT2D eigenvalue weighted by atomic mass is 10.1. The SMILES string of the molecule is CC(C)(C)OC(=O)NCCC[C@@H](CO)Nc1c([N+](=O)[O-])cnc2ccccc12. The molecule has 28 heavy (non-hydrogen) atoms. The van der Waals surface area contributed by atoms with Gasteiger partial charge in [0.1, 0.15) is 17.5 Å². The normalized spacial score (nSPS) is 12.4. The number of nitrogens with zero attached hydrogens (tertiary/aromatic N) is 2. The number of carbonyl (C=O) groups excluding carboxylic acids is 1. The van der Waals surface area contributed by atoms with Crippen LogP contribution in [0.15, 0.2) is 30.5 Å². The summed E-state index contributed by atoms with van der Waals surface area (Å²) in [6, 6.07) is 6.68. The van der Waals surface area contributed by atoms with Crippen molar-refractivity contribution in [3.05, 3.63) is 40.6 Å². The zero-order valence-electron chi connectivity index (χ0n) is 16.3. The highest BCUT2D eigenvalue weighted by atomic mass is 16.6. The number of nitrogens with one attached hydrogen (secondary N) is 2. The molecule has 0 aliphatic heterocycles. The van der Waals surface area contributed by atoms with Crippen molar-refractivity contribution in [1.82, 2.24) is 10.3 Å². The summed E-state index contributed by atoms with van der Waals surface area (Å²) in [5, 5.41) is 27.4. The van der Waals surface area contributed by atoms with Crippen molar-refractivity contribution in [1.29, 1.82) is 0 Å². The molecule has 0 saturated heterocycles. The fourth-order valence-corrected chi connectivity index (χ4v) is 2.69. The molecule has 9 heteroatoms. The van der Waals surface area contributed by atoms with Crippen molar-refractivity contribution in [2.24, 2.45) is 0 Å². The van der Waals surface area contributed by atoms with E-state index in [1.165, 1.54) is 6.20 Å². The van der Waals surface area contributed by atoms with Crippen LogP contribution in [0.2, 0.25) is 0 Å². The molecule has 2 aromatic rings. The molecule has 0 unspecified atom stereocenters. The zero-order valence-corrected chi connectivity index (χ0v) is 16.3. The molecule has 0 radical (unpaired) electrons. The number of benzene rings is 1. The Morgan fingerprint density at radius 2 is 2.07 bits per heavy atom. The summed E-state index contributed by atoms with van der Waals surface area (Å²) in [4.78, 5) is 26.7. The van der Waals surface area contributed by atoms with Crippen molar-refractivity contribution in [2.75, 3.05) is 18.5 Å². The van der Waals surface area contributed by atoms with Gasteiger partial charge in [0, 0.05) is 18.0 Å². The molecular weight excluding hydrogens is 364 g/mol. The number of fused-ring (bicyclic) bond motifs is 1. The number of ether oxygens (including phenoxy) is 1.